The molecule has 1 N–H and O–H groups in total. The van der Waals surface area contributed by atoms with Crippen molar-refractivity contribution in [2.45, 2.75) is 39.5 Å². The average molecular weight is 261 g/mol. The van der Waals surface area contributed by atoms with Gasteiger partial charge in [0.2, 0.25) is 0 Å². The monoisotopic (exact) mass is 261 g/mol. The van der Waals surface area contributed by atoms with Crippen LogP contribution < -0.4 is 4.74 Å². The molecule has 1 atom stereocenters. The molecule has 2 rings (SSSR count). The molecular formula is C14H19N3O2. The molecule has 0 radical (unpaired) electrons. The fourth-order valence-electron chi connectivity index (χ4n) is 1.91. The van der Waals surface area contributed by atoms with E-state index in [1.807, 2.05) is 38.1 Å². The van der Waals surface area contributed by atoms with Crippen molar-refractivity contribution in [3.63, 3.8) is 0 Å². The Hall–Kier alpha value is -1.88. The van der Waals surface area contributed by atoms with Crippen molar-refractivity contribution in [1.29, 1.82) is 0 Å². The standard InChI is InChI=1S/C14H19N3O2/c1-3-12(18)11-7-5-6-8-13(11)19-9-14-15-10-16-17(14)4-2/h5-8,10,12,18H,3-4,9H2,1-2H3/t12-/m1/s1. The van der Waals surface area contributed by atoms with Gasteiger partial charge in [-0.05, 0) is 19.4 Å². The lowest BCUT2D eigenvalue weighted by Gasteiger charge is -2.14. The van der Waals surface area contributed by atoms with Crippen LogP contribution in [0.4, 0.5) is 0 Å². The molecule has 0 aliphatic carbocycles. The van der Waals surface area contributed by atoms with Gasteiger partial charge in [0.25, 0.3) is 0 Å². The van der Waals surface area contributed by atoms with Crippen LogP contribution in [0, 0.1) is 0 Å². The summed E-state index contributed by atoms with van der Waals surface area (Å²) in [5.41, 5.74) is 0.813. The summed E-state index contributed by atoms with van der Waals surface area (Å²) >= 11 is 0. The Labute approximate surface area is 112 Å². The Balaban J connectivity index is 2.11. The normalized spacial score (nSPS) is 12.4. The number of para-hydroxylation sites is 1. The van der Waals surface area contributed by atoms with Crippen molar-refractivity contribution >= 4 is 0 Å². The number of aryl methyl sites for hydroxylation is 1. The van der Waals surface area contributed by atoms with E-state index in [9.17, 15) is 5.11 Å². The average Bonchev–Trinajstić information content (AvgIpc) is 2.92. The maximum Gasteiger partial charge on any atom is 0.164 e. The van der Waals surface area contributed by atoms with Gasteiger partial charge in [-0.2, -0.15) is 5.10 Å². The third-order valence-electron chi connectivity index (χ3n) is 3.02. The minimum absolute atomic E-state index is 0.348. The van der Waals surface area contributed by atoms with Crippen molar-refractivity contribution in [3.05, 3.63) is 42.0 Å². The first-order chi connectivity index (χ1) is 9.26. The van der Waals surface area contributed by atoms with Gasteiger partial charge in [0.15, 0.2) is 5.82 Å². The van der Waals surface area contributed by atoms with Gasteiger partial charge in [-0.15, -0.1) is 0 Å². The molecule has 0 bridgehead atoms. The predicted molar refractivity (Wildman–Crippen MR) is 71.7 cm³/mol. The third-order valence-corrected chi connectivity index (χ3v) is 3.02. The maximum absolute atomic E-state index is 9.95. The lowest BCUT2D eigenvalue weighted by molar-refractivity contribution is 0.165. The molecule has 0 saturated heterocycles. The highest BCUT2D eigenvalue weighted by Crippen LogP contribution is 2.27. The Morgan fingerprint density at radius 2 is 2.11 bits per heavy atom. The number of benzene rings is 1. The fourth-order valence-corrected chi connectivity index (χ4v) is 1.91. The second-order valence-electron chi connectivity index (χ2n) is 4.24. The minimum Gasteiger partial charge on any atom is -0.485 e. The second-order valence-corrected chi connectivity index (χ2v) is 4.24. The summed E-state index contributed by atoms with van der Waals surface area (Å²) in [6.07, 6.45) is 1.68. The Morgan fingerprint density at radius 3 is 2.84 bits per heavy atom. The maximum atomic E-state index is 9.95. The summed E-state index contributed by atoms with van der Waals surface area (Å²) in [4.78, 5) is 4.16. The number of hydrogen-bond donors (Lipinski definition) is 1. The van der Waals surface area contributed by atoms with Crippen LogP contribution in [0.2, 0.25) is 0 Å². The van der Waals surface area contributed by atoms with E-state index in [1.165, 1.54) is 6.33 Å². The molecular weight excluding hydrogens is 242 g/mol. The molecule has 2 aromatic rings. The molecule has 5 nitrogen and oxygen atoms in total. The van der Waals surface area contributed by atoms with Gasteiger partial charge in [-0.3, -0.25) is 0 Å². The molecule has 0 amide bonds. The molecule has 1 aromatic carbocycles. The molecule has 0 saturated carbocycles. The van der Waals surface area contributed by atoms with Crippen LogP contribution >= 0.6 is 0 Å². The number of aliphatic hydroxyl groups excluding tert-OH is 1. The van der Waals surface area contributed by atoms with Gasteiger partial charge >= 0.3 is 0 Å². The van der Waals surface area contributed by atoms with E-state index in [-0.39, 0.29) is 0 Å². The summed E-state index contributed by atoms with van der Waals surface area (Å²) in [6.45, 7) is 5.06. The minimum atomic E-state index is -0.500. The van der Waals surface area contributed by atoms with Crippen LogP contribution in [-0.2, 0) is 13.2 Å². The quantitative estimate of drug-likeness (QED) is 0.867. The van der Waals surface area contributed by atoms with E-state index >= 15 is 0 Å². The summed E-state index contributed by atoms with van der Waals surface area (Å²) in [7, 11) is 0. The number of hydrogen-bond acceptors (Lipinski definition) is 4. The van der Waals surface area contributed by atoms with E-state index in [2.05, 4.69) is 10.1 Å². The summed E-state index contributed by atoms with van der Waals surface area (Å²) in [5.74, 6) is 1.48. The van der Waals surface area contributed by atoms with Crippen LogP contribution in [0.5, 0.6) is 5.75 Å². The highest BCUT2D eigenvalue weighted by atomic mass is 16.5. The van der Waals surface area contributed by atoms with Gasteiger partial charge < -0.3 is 9.84 Å². The SMILES string of the molecule is CC[C@@H](O)c1ccccc1OCc1ncnn1CC. The molecule has 102 valence electrons. The Kier molecular flexibility index (Phi) is 4.52. The van der Waals surface area contributed by atoms with Crippen LogP contribution in [0.3, 0.4) is 0 Å². The summed E-state index contributed by atoms with van der Waals surface area (Å²) in [5, 5.41) is 14.1. The van der Waals surface area contributed by atoms with Crippen molar-refractivity contribution in [1.82, 2.24) is 14.8 Å². The lowest BCUT2D eigenvalue weighted by atomic mass is 10.1. The number of rotatable bonds is 6. The van der Waals surface area contributed by atoms with Gasteiger partial charge in [0.05, 0.1) is 6.10 Å². The van der Waals surface area contributed by atoms with Gasteiger partial charge in [-0.25, -0.2) is 9.67 Å². The van der Waals surface area contributed by atoms with Crippen molar-refractivity contribution in [2.75, 3.05) is 0 Å². The van der Waals surface area contributed by atoms with E-state index in [0.717, 1.165) is 17.9 Å². The molecule has 0 unspecified atom stereocenters. The Morgan fingerprint density at radius 1 is 1.32 bits per heavy atom. The van der Waals surface area contributed by atoms with E-state index in [1.54, 1.807) is 4.68 Å². The molecule has 0 aliphatic heterocycles. The van der Waals surface area contributed by atoms with E-state index in [4.69, 9.17) is 4.74 Å². The smallest absolute Gasteiger partial charge is 0.164 e. The topological polar surface area (TPSA) is 60.2 Å². The highest BCUT2D eigenvalue weighted by molar-refractivity contribution is 5.35. The van der Waals surface area contributed by atoms with Crippen molar-refractivity contribution in [3.8, 4) is 5.75 Å². The largest absolute Gasteiger partial charge is 0.485 e. The summed E-state index contributed by atoms with van der Waals surface area (Å²) < 4.78 is 7.55. The second kappa shape index (κ2) is 6.33. The van der Waals surface area contributed by atoms with E-state index < -0.39 is 6.10 Å². The molecule has 0 fully saturated rings. The first kappa shape index (κ1) is 13.5. The first-order valence-corrected chi connectivity index (χ1v) is 6.52. The number of nitrogens with zero attached hydrogens (tertiary/aromatic N) is 3. The zero-order valence-corrected chi connectivity index (χ0v) is 11.3. The first-order valence-electron chi connectivity index (χ1n) is 6.52. The van der Waals surface area contributed by atoms with Crippen LogP contribution in [0.1, 0.15) is 37.8 Å². The van der Waals surface area contributed by atoms with Crippen LogP contribution in [-0.4, -0.2) is 19.9 Å². The highest BCUT2D eigenvalue weighted by Gasteiger charge is 2.12. The van der Waals surface area contributed by atoms with Crippen LogP contribution in [0.25, 0.3) is 0 Å². The molecule has 0 aliphatic rings. The van der Waals surface area contributed by atoms with Gasteiger partial charge in [0, 0.05) is 12.1 Å². The number of ether oxygens (including phenoxy) is 1. The molecule has 1 aromatic heterocycles. The number of aliphatic hydroxyl groups is 1. The van der Waals surface area contributed by atoms with Crippen LogP contribution in [0.15, 0.2) is 30.6 Å². The van der Waals surface area contributed by atoms with Crippen molar-refractivity contribution < 1.29 is 9.84 Å². The molecule has 1 heterocycles. The third kappa shape index (κ3) is 3.12. The molecule has 19 heavy (non-hydrogen) atoms. The fraction of sp³-hybridized carbons (Fsp3) is 0.429. The zero-order valence-electron chi connectivity index (χ0n) is 11.3. The van der Waals surface area contributed by atoms with Crippen molar-refractivity contribution in [2.24, 2.45) is 0 Å². The zero-order chi connectivity index (χ0) is 13.7. The predicted octanol–water partition coefficient (Wildman–Crippen LogP) is 2.32. The number of aromatic nitrogens is 3. The van der Waals surface area contributed by atoms with E-state index in [0.29, 0.717) is 18.8 Å². The van der Waals surface area contributed by atoms with Gasteiger partial charge in [0.1, 0.15) is 18.7 Å². The van der Waals surface area contributed by atoms with Gasteiger partial charge in [-0.1, -0.05) is 25.1 Å². The Bertz CT molecular complexity index is 525. The molecule has 5 heteroatoms. The summed E-state index contributed by atoms with van der Waals surface area (Å²) in [6, 6.07) is 7.54. The molecule has 0 spiro atoms. The lowest BCUT2D eigenvalue weighted by Crippen LogP contribution is -2.08.